The normalized spacial score (nSPS) is 11.6. The minimum Gasteiger partial charge on any atom is -0.399 e. The Morgan fingerprint density at radius 2 is 1.86 bits per heavy atom. The number of benzene rings is 2. The first-order valence-electron chi connectivity index (χ1n) is 6.09. The van der Waals surface area contributed by atoms with E-state index < -0.39 is 15.8 Å². The topological polar surface area (TPSA) is 72.2 Å². The van der Waals surface area contributed by atoms with Crippen molar-refractivity contribution in [1.29, 1.82) is 0 Å². The molecule has 2 aromatic carbocycles. The lowest BCUT2D eigenvalue weighted by molar-refractivity contribution is 0.574. The van der Waals surface area contributed by atoms with E-state index in [4.69, 9.17) is 17.3 Å². The summed E-state index contributed by atoms with van der Waals surface area (Å²) >= 11 is 5.76. The molecule has 0 aliphatic rings. The number of nitrogen functional groups attached to an aromatic ring is 1. The highest BCUT2D eigenvalue weighted by molar-refractivity contribution is 7.89. The van der Waals surface area contributed by atoms with Crippen LogP contribution in [0.15, 0.2) is 41.3 Å². The highest BCUT2D eigenvalue weighted by atomic mass is 35.5. The molecule has 0 spiro atoms. The summed E-state index contributed by atoms with van der Waals surface area (Å²) in [6, 6.07) is 9.07. The molecule has 21 heavy (non-hydrogen) atoms. The first-order chi connectivity index (χ1) is 9.79. The van der Waals surface area contributed by atoms with Crippen molar-refractivity contribution < 1.29 is 12.8 Å². The SMILES string of the molecule is Cc1c(F)cc(N)cc1S(=O)(=O)NCc1ccc(Cl)cc1. The molecule has 0 aliphatic carbocycles. The van der Waals surface area contributed by atoms with Gasteiger partial charge in [-0.3, -0.25) is 0 Å². The fourth-order valence-electron chi connectivity index (χ4n) is 1.81. The Morgan fingerprint density at radius 3 is 2.48 bits per heavy atom. The molecule has 0 saturated carbocycles. The lowest BCUT2D eigenvalue weighted by atomic mass is 10.2. The number of nitrogens with two attached hydrogens (primary N) is 1. The monoisotopic (exact) mass is 328 g/mol. The first-order valence-corrected chi connectivity index (χ1v) is 7.95. The van der Waals surface area contributed by atoms with Crippen molar-refractivity contribution in [2.45, 2.75) is 18.4 Å². The van der Waals surface area contributed by atoms with E-state index in [-0.39, 0.29) is 22.7 Å². The van der Waals surface area contributed by atoms with Gasteiger partial charge in [0.25, 0.3) is 0 Å². The Bertz CT molecular complexity index is 761. The van der Waals surface area contributed by atoms with Gasteiger partial charge in [-0.05, 0) is 36.8 Å². The summed E-state index contributed by atoms with van der Waals surface area (Å²) < 4.78 is 40.5. The van der Waals surface area contributed by atoms with Crippen molar-refractivity contribution in [3.05, 3.63) is 58.4 Å². The van der Waals surface area contributed by atoms with Crippen LogP contribution >= 0.6 is 11.6 Å². The Kier molecular flexibility index (Phi) is 4.51. The van der Waals surface area contributed by atoms with Gasteiger partial charge in [-0.15, -0.1) is 0 Å². The maximum atomic E-state index is 13.6. The predicted octanol–water partition coefficient (Wildman–Crippen LogP) is 2.85. The molecule has 0 saturated heterocycles. The minimum atomic E-state index is -3.85. The molecule has 0 amide bonds. The highest BCUT2D eigenvalue weighted by Crippen LogP contribution is 2.22. The standard InChI is InChI=1S/C14H14ClFN2O2S/c1-9-13(16)6-12(17)7-14(9)21(19,20)18-8-10-2-4-11(15)5-3-10/h2-7,18H,8,17H2,1H3. The third-order valence-electron chi connectivity index (χ3n) is 2.99. The molecule has 3 N–H and O–H groups in total. The molecular formula is C14H14ClFN2O2S. The Balaban J connectivity index is 2.25. The first kappa shape index (κ1) is 15.8. The average molecular weight is 329 g/mol. The molecule has 7 heteroatoms. The molecular weight excluding hydrogens is 315 g/mol. The molecule has 0 bridgehead atoms. The molecule has 0 atom stereocenters. The molecule has 0 fully saturated rings. The zero-order valence-corrected chi connectivity index (χ0v) is 12.8. The number of halogens is 2. The van der Waals surface area contributed by atoms with Crippen LogP contribution in [0, 0.1) is 12.7 Å². The summed E-state index contributed by atoms with van der Waals surface area (Å²) in [5, 5.41) is 0.565. The van der Waals surface area contributed by atoms with Gasteiger partial charge < -0.3 is 5.73 Å². The predicted molar refractivity (Wildman–Crippen MR) is 81.0 cm³/mol. The second-order valence-corrected chi connectivity index (χ2v) is 6.75. The summed E-state index contributed by atoms with van der Waals surface area (Å²) in [4.78, 5) is -0.158. The van der Waals surface area contributed by atoms with Crippen molar-refractivity contribution in [2.75, 3.05) is 5.73 Å². The van der Waals surface area contributed by atoms with Crippen molar-refractivity contribution in [3.63, 3.8) is 0 Å². The van der Waals surface area contributed by atoms with Gasteiger partial charge in [0.05, 0.1) is 4.90 Å². The third-order valence-corrected chi connectivity index (χ3v) is 4.77. The fraction of sp³-hybridized carbons (Fsp3) is 0.143. The van der Waals surface area contributed by atoms with E-state index in [1.807, 2.05) is 0 Å². The molecule has 0 heterocycles. The van der Waals surface area contributed by atoms with E-state index in [0.29, 0.717) is 5.02 Å². The van der Waals surface area contributed by atoms with Crippen molar-refractivity contribution >= 4 is 27.3 Å². The van der Waals surface area contributed by atoms with Crippen LogP contribution in [0.5, 0.6) is 0 Å². The van der Waals surface area contributed by atoms with E-state index in [0.717, 1.165) is 11.6 Å². The lowest BCUT2D eigenvalue weighted by Gasteiger charge is -2.11. The molecule has 0 aliphatic heterocycles. The van der Waals surface area contributed by atoms with Gasteiger partial charge in [0.15, 0.2) is 0 Å². The number of anilines is 1. The number of sulfonamides is 1. The zero-order chi connectivity index (χ0) is 15.6. The molecule has 2 aromatic rings. The summed E-state index contributed by atoms with van der Waals surface area (Å²) in [5.41, 5.74) is 6.34. The van der Waals surface area contributed by atoms with Gasteiger partial charge in [-0.2, -0.15) is 0 Å². The van der Waals surface area contributed by atoms with E-state index in [2.05, 4.69) is 4.72 Å². The molecule has 2 rings (SSSR count). The molecule has 0 aromatic heterocycles. The highest BCUT2D eigenvalue weighted by Gasteiger charge is 2.19. The van der Waals surface area contributed by atoms with E-state index in [1.165, 1.54) is 13.0 Å². The summed E-state index contributed by atoms with van der Waals surface area (Å²) in [5.74, 6) is -0.651. The van der Waals surface area contributed by atoms with Crippen molar-refractivity contribution in [2.24, 2.45) is 0 Å². The number of hydrogen-bond donors (Lipinski definition) is 2. The molecule has 0 radical (unpaired) electrons. The van der Waals surface area contributed by atoms with E-state index in [9.17, 15) is 12.8 Å². The van der Waals surface area contributed by atoms with Crippen LogP contribution in [0.3, 0.4) is 0 Å². The van der Waals surface area contributed by atoms with Crippen LogP contribution in [0.25, 0.3) is 0 Å². The van der Waals surface area contributed by atoms with E-state index >= 15 is 0 Å². The average Bonchev–Trinajstić information content (AvgIpc) is 2.42. The quantitative estimate of drug-likeness (QED) is 0.848. The summed E-state index contributed by atoms with van der Waals surface area (Å²) in [6.45, 7) is 1.47. The van der Waals surface area contributed by atoms with Crippen LogP contribution < -0.4 is 10.5 Å². The van der Waals surface area contributed by atoms with Crippen LogP contribution in [-0.2, 0) is 16.6 Å². The van der Waals surface area contributed by atoms with Crippen molar-refractivity contribution in [1.82, 2.24) is 4.72 Å². The number of hydrogen-bond acceptors (Lipinski definition) is 3. The van der Waals surface area contributed by atoms with Gasteiger partial charge in [-0.1, -0.05) is 23.7 Å². The lowest BCUT2D eigenvalue weighted by Crippen LogP contribution is -2.24. The Labute approximate surface area is 127 Å². The Hall–Kier alpha value is -1.63. The van der Waals surface area contributed by atoms with Crippen LogP contribution in [0.4, 0.5) is 10.1 Å². The van der Waals surface area contributed by atoms with Gasteiger partial charge in [0.1, 0.15) is 5.82 Å². The van der Waals surface area contributed by atoms with Crippen LogP contribution in [-0.4, -0.2) is 8.42 Å². The second kappa shape index (κ2) is 6.01. The molecule has 112 valence electrons. The molecule has 0 unspecified atom stereocenters. The van der Waals surface area contributed by atoms with Crippen LogP contribution in [0.1, 0.15) is 11.1 Å². The van der Waals surface area contributed by atoms with Gasteiger partial charge >= 0.3 is 0 Å². The van der Waals surface area contributed by atoms with Gasteiger partial charge in [-0.25, -0.2) is 17.5 Å². The maximum Gasteiger partial charge on any atom is 0.241 e. The van der Waals surface area contributed by atoms with E-state index in [1.54, 1.807) is 24.3 Å². The smallest absolute Gasteiger partial charge is 0.241 e. The fourth-order valence-corrected chi connectivity index (χ4v) is 3.24. The van der Waals surface area contributed by atoms with Crippen molar-refractivity contribution in [3.8, 4) is 0 Å². The van der Waals surface area contributed by atoms with Gasteiger partial charge in [0, 0.05) is 22.8 Å². The number of rotatable bonds is 4. The summed E-state index contributed by atoms with van der Waals surface area (Å²) in [6.07, 6.45) is 0. The second-order valence-electron chi connectivity index (χ2n) is 4.58. The zero-order valence-electron chi connectivity index (χ0n) is 11.2. The minimum absolute atomic E-state index is 0.0350. The summed E-state index contributed by atoms with van der Waals surface area (Å²) in [7, 11) is -3.85. The maximum absolute atomic E-state index is 13.6. The Morgan fingerprint density at radius 1 is 1.24 bits per heavy atom. The van der Waals surface area contributed by atoms with Crippen LogP contribution in [0.2, 0.25) is 5.02 Å². The number of nitrogens with one attached hydrogen (secondary N) is 1. The van der Waals surface area contributed by atoms with Gasteiger partial charge in [0.2, 0.25) is 10.0 Å². The molecule has 4 nitrogen and oxygen atoms in total. The largest absolute Gasteiger partial charge is 0.399 e. The third kappa shape index (κ3) is 3.72.